The van der Waals surface area contributed by atoms with Gasteiger partial charge in [0, 0.05) is 19.6 Å². The number of ether oxygens (including phenoxy) is 1. The Bertz CT molecular complexity index is 197. The van der Waals surface area contributed by atoms with Gasteiger partial charge in [0.05, 0.1) is 18.8 Å². The van der Waals surface area contributed by atoms with Crippen molar-refractivity contribution in [3.63, 3.8) is 0 Å². The number of morpholine rings is 1. The molecule has 2 aliphatic rings. The first-order valence-corrected chi connectivity index (χ1v) is 6.57. The molecule has 1 saturated heterocycles. The number of nitrogens with one attached hydrogen (secondary N) is 1. The first-order valence-electron chi connectivity index (χ1n) is 6.57. The zero-order chi connectivity index (χ0) is 11.3. The maximum Gasteiger partial charge on any atom is 0.0785 e. The van der Waals surface area contributed by atoms with Crippen molar-refractivity contribution in [1.29, 1.82) is 0 Å². The molecular weight excluding hydrogens is 204 g/mol. The molecule has 0 radical (unpaired) electrons. The molecule has 0 aromatic rings. The largest absolute Gasteiger partial charge is 0.389 e. The Kier molecular flexibility index (Phi) is 4.58. The van der Waals surface area contributed by atoms with Crippen LogP contribution in [0.4, 0.5) is 0 Å². The highest BCUT2D eigenvalue weighted by Crippen LogP contribution is 2.26. The predicted molar refractivity (Wildman–Crippen MR) is 63.0 cm³/mol. The van der Waals surface area contributed by atoms with E-state index in [0.29, 0.717) is 6.54 Å². The van der Waals surface area contributed by atoms with Gasteiger partial charge >= 0.3 is 0 Å². The highest BCUT2D eigenvalue weighted by molar-refractivity contribution is 4.82. The molecule has 0 amide bonds. The summed E-state index contributed by atoms with van der Waals surface area (Å²) in [5, 5.41) is 12.6. The van der Waals surface area contributed by atoms with Crippen molar-refractivity contribution in [2.24, 2.45) is 0 Å². The minimum atomic E-state index is -0.477. The van der Waals surface area contributed by atoms with E-state index in [9.17, 15) is 5.11 Å². The van der Waals surface area contributed by atoms with Crippen LogP contribution in [0.2, 0.25) is 0 Å². The van der Waals surface area contributed by atoms with Gasteiger partial charge in [0.2, 0.25) is 0 Å². The maximum absolute atomic E-state index is 10.5. The second-order valence-electron chi connectivity index (χ2n) is 5.07. The molecular formula is C12H24N2O2. The van der Waals surface area contributed by atoms with Crippen LogP contribution in [0.3, 0.4) is 0 Å². The molecule has 2 fully saturated rings. The van der Waals surface area contributed by atoms with Crippen LogP contribution in [0.5, 0.6) is 0 Å². The van der Waals surface area contributed by atoms with E-state index in [1.54, 1.807) is 0 Å². The van der Waals surface area contributed by atoms with Crippen molar-refractivity contribution in [2.45, 2.75) is 44.1 Å². The number of rotatable bonds is 3. The van der Waals surface area contributed by atoms with E-state index >= 15 is 0 Å². The highest BCUT2D eigenvalue weighted by Gasteiger charge is 2.28. The van der Waals surface area contributed by atoms with E-state index in [2.05, 4.69) is 10.4 Å². The van der Waals surface area contributed by atoms with E-state index in [-0.39, 0.29) is 0 Å². The molecule has 1 aliphatic carbocycles. The molecule has 0 atom stereocenters. The molecule has 1 heterocycles. The monoisotopic (exact) mass is 228 g/mol. The third-order valence-electron chi connectivity index (χ3n) is 3.68. The number of hydrogen-bond donors (Lipinski definition) is 2. The van der Waals surface area contributed by atoms with Gasteiger partial charge in [0.15, 0.2) is 0 Å². The molecule has 16 heavy (non-hydrogen) atoms. The lowest BCUT2D eigenvalue weighted by atomic mass is 9.95. The summed E-state index contributed by atoms with van der Waals surface area (Å²) in [6.07, 6.45) is 6.79. The standard InChI is InChI=1S/C12H24N2O2/c15-12(5-3-1-2-4-6-12)11-13-14-7-9-16-10-8-14/h13,15H,1-11H2. The molecule has 0 aromatic heterocycles. The van der Waals surface area contributed by atoms with Crippen molar-refractivity contribution >= 4 is 0 Å². The molecule has 0 aromatic carbocycles. The molecule has 2 rings (SSSR count). The van der Waals surface area contributed by atoms with E-state index < -0.39 is 5.60 Å². The second-order valence-corrected chi connectivity index (χ2v) is 5.07. The minimum absolute atomic E-state index is 0.477. The smallest absolute Gasteiger partial charge is 0.0785 e. The Morgan fingerprint density at radius 1 is 1.06 bits per heavy atom. The van der Waals surface area contributed by atoms with E-state index in [0.717, 1.165) is 39.1 Å². The van der Waals surface area contributed by atoms with E-state index in [1.165, 1.54) is 25.7 Å². The topological polar surface area (TPSA) is 44.7 Å². The van der Waals surface area contributed by atoms with Gasteiger partial charge in [-0.05, 0) is 12.8 Å². The van der Waals surface area contributed by atoms with Crippen LogP contribution >= 0.6 is 0 Å². The van der Waals surface area contributed by atoms with Crippen LogP contribution in [-0.4, -0.2) is 48.6 Å². The summed E-state index contributed by atoms with van der Waals surface area (Å²) >= 11 is 0. The summed E-state index contributed by atoms with van der Waals surface area (Å²) in [5.41, 5.74) is 2.89. The Morgan fingerprint density at radius 3 is 2.31 bits per heavy atom. The Hall–Kier alpha value is -0.160. The van der Waals surface area contributed by atoms with Crippen molar-refractivity contribution < 1.29 is 9.84 Å². The van der Waals surface area contributed by atoms with Gasteiger partial charge in [-0.3, -0.25) is 5.43 Å². The molecule has 0 bridgehead atoms. The summed E-state index contributed by atoms with van der Waals surface area (Å²) < 4.78 is 5.29. The predicted octanol–water partition coefficient (Wildman–Crippen LogP) is 0.908. The first-order chi connectivity index (χ1) is 7.79. The fourth-order valence-corrected chi connectivity index (χ4v) is 2.54. The van der Waals surface area contributed by atoms with Crippen molar-refractivity contribution in [2.75, 3.05) is 32.8 Å². The lowest BCUT2D eigenvalue weighted by Gasteiger charge is -2.33. The maximum atomic E-state index is 10.5. The van der Waals surface area contributed by atoms with Gasteiger partial charge in [-0.2, -0.15) is 0 Å². The number of aliphatic hydroxyl groups is 1. The van der Waals surface area contributed by atoms with Gasteiger partial charge in [-0.15, -0.1) is 0 Å². The van der Waals surface area contributed by atoms with Gasteiger partial charge in [-0.1, -0.05) is 25.7 Å². The first kappa shape index (κ1) is 12.3. The lowest BCUT2D eigenvalue weighted by molar-refractivity contribution is -0.0274. The van der Waals surface area contributed by atoms with E-state index in [1.807, 2.05) is 0 Å². The summed E-state index contributed by atoms with van der Waals surface area (Å²) in [6.45, 7) is 4.15. The zero-order valence-electron chi connectivity index (χ0n) is 10.1. The fourth-order valence-electron chi connectivity index (χ4n) is 2.54. The Balaban J connectivity index is 1.73. The number of hydrogen-bond acceptors (Lipinski definition) is 4. The van der Waals surface area contributed by atoms with Gasteiger partial charge in [-0.25, -0.2) is 5.01 Å². The second kappa shape index (κ2) is 5.96. The zero-order valence-corrected chi connectivity index (χ0v) is 10.1. The van der Waals surface area contributed by atoms with Crippen molar-refractivity contribution in [3.8, 4) is 0 Å². The fraction of sp³-hybridized carbons (Fsp3) is 1.00. The Morgan fingerprint density at radius 2 is 1.69 bits per heavy atom. The average Bonchev–Trinajstić information content (AvgIpc) is 2.54. The van der Waals surface area contributed by atoms with Gasteiger partial charge in [0.1, 0.15) is 0 Å². The minimum Gasteiger partial charge on any atom is -0.389 e. The molecule has 94 valence electrons. The normalized spacial score (nSPS) is 27.6. The molecule has 1 aliphatic heterocycles. The van der Waals surface area contributed by atoms with Crippen molar-refractivity contribution in [1.82, 2.24) is 10.4 Å². The van der Waals surface area contributed by atoms with Crippen LogP contribution in [0, 0.1) is 0 Å². The van der Waals surface area contributed by atoms with Gasteiger partial charge < -0.3 is 9.84 Å². The summed E-state index contributed by atoms with van der Waals surface area (Å²) in [5.74, 6) is 0. The molecule has 1 saturated carbocycles. The third-order valence-corrected chi connectivity index (χ3v) is 3.68. The average molecular weight is 228 g/mol. The molecule has 4 heteroatoms. The summed E-state index contributed by atoms with van der Waals surface area (Å²) in [7, 11) is 0. The van der Waals surface area contributed by atoms with E-state index in [4.69, 9.17) is 4.74 Å². The van der Waals surface area contributed by atoms with Crippen LogP contribution in [0.15, 0.2) is 0 Å². The summed E-state index contributed by atoms with van der Waals surface area (Å²) in [4.78, 5) is 0. The van der Waals surface area contributed by atoms with Crippen molar-refractivity contribution in [3.05, 3.63) is 0 Å². The Labute approximate surface area is 97.9 Å². The SMILES string of the molecule is OC1(CNN2CCOCC2)CCCCCC1. The number of nitrogens with zero attached hydrogens (tertiary/aromatic N) is 1. The van der Waals surface area contributed by atoms with Crippen LogP contribution in [0.25, 0.3) is 0 Å². The highest BCUT2D eigenvalue weighted by atomic mass is 16.5. The lowest BCUT2D eigenvalue weighted by Crippen LogP contribution is -2.51. The summed E-state index contributed by atoms with van der Waals surface area (Å²) in [6, 6.07) is 0. The molecule has 4 nitrogen and oxygen atoms in total. The van der Waals surface area contributed by atoms with Crippen LogP contribution in [0.1, 0.15) is 38.5 Å². The van der Waals surface area contributed by atoms with Crippen LogP contribution in [-0.2, 0) is 4.74 Å². The third kappa shape index (κ3) is 3.70. The molecule has 0 unspecified atom stereocenters. The number of hydrazine groups is 1. The van der Waals surface area contributed by atoms with Gasteiger partial charge in [0.25, 0.3) is 0 Å². The van der Waals surface area contributed by atoms with Crippen LogP contribution < -0.4 is 5.43 Å². The molecule has 2 N–H and O–H groups in total. The molecule has 0 spiro atoms. The quantitative estimate of drug-likeness (QED) is 0.705.